The average Bonchev–Trinajstić information content (AvgIpc) is 2.68. The lowest BCUT2D eigenvalue weighted by Crippen LogP contribution is -2.46. The number of benzene rings is 2. The second-order valence-corrected chi connectivity index (χ2v) is 6.85. The minimum Gasteiger partial charge on any atom is -0.478 e. The van der Waals surface area contributed by atoms with Gasteiger partial charge in [0.1, 0.15) is 0 Å². The molecule has 0 atom stereocenters. The van der Waals surface area contributed by atoms with E-state index in [0.29, 0.717) is 10.6 Å². The second kappa shape index (κ2) is 8.41. The van der Waals surface area contributed by atoms with Gasteiger partial charge in [0.25, 0.3) is 5.91 Å². The van der Waals surface area contributed by atoms with Gasteiger partial charge in [0, 0.05) is 42.5 Å². The van der Waals surface area contributed by atoms with E-state index in [1.807, 2.05) is 6.07 Å². The maximum atomic E-state index is 12.4. The first kappa shape index (κ1) is 19.2. The number of carboxylic acid groups (broad SMARTS) is 1. The number of nitrogens with one attached hydrogen (secondary N) is 1. The highest BCUT2D eigenvalue weighted by Gasteiger charge is 2.19. The summed E-state index contributed by atoms with van der Waals surface area (Å²) < 4.78 is 0. The Labute approximate surface area is 163 Å². The van der Waals surface area contributed by atoms with Gasteiger partial charge in [-0.3, -0.25) is 4.79 Å². The molecule has 2 aromatic rings. The van der Waals surface area contributed by atoms with Crippen LogP contribution < -0.4 is 10.2 Å². The van der Waals surface area contributed by atoms with Crippen molar-refractivity contribution in [2.75, 3.05) is 42.9 Å². The molecule has 0 aliphatic carbocycles. The van der Waals surface area contributed by atoms with Gasteiger partial charge < -0.3 is 20.2 Å². The quantitative estimate of drug-likeness (QED) is 0.822. The summed E-state index contributed by atoms with van der Waals surface area (Å²) in [6, 6.07) is 11.6. The zero-order valence-electron chi connectivity index (χ0n) is 15.1. The Kier molecular flexibility index (Phi) is 5.98. The predicted octanol–water partition coefficient (Wildman–Crippen LogP) is 3.43. The van der Waals surface area contributed by atoms with Crippen molar-refractivity contribution in [1.29, 1.82) is 0 Å². The van der Waals surface area contributed by atoms with Crippen LogP contribution in [0.5, 0.6) is 0 Å². The van der Waals surface area contributed by atoms with Gasteiger partial charge in [-0.1, -0.05) is 18.5 Å². The molecule has 1 fully saturated rings. The maximum Gasteiger partial charge on any atom is 0.337 e. The average molecular weight is 388 g/mol. The molecule has 142 valence electrons. The van der Waals surface area contributed by atoms with Gasteiger partial charge in [-0.15, -0.1) is 0 Å². The summed E-state index contributed by atoms with van der Waals surface area (Å²) in [5, 5.41) is 12.8. The van der Waals surface area contributed by atoms with Crippen molar-refractivity contribution < 1.29 is 14.7 Å². The fraction of sp³-hybridized carbons (Fsp3) is 0.300. The van der Waals surface area contributed by atoms with Gasteiger partial charge in [0.05, 0.1) is 11.3 Å². The summed E-state index contributed by atoms with van der Waals surface area (Å²) >= 11 is 5.84. The number of carboxylic acids is 1. The van der Waals surface area contributed by atoms with E-state index in [9.17, 15) is 14.7 Å². The van der Waals surface area contributed by atoms with Gasteiger partial charge >= 0.3 is 5.97 Å². The summed E-state index contributed by atoms with van der Waals surface area (Å²) in [6.07, 6.45) is 0. The summed E-state index contributed by atoms with van der Waals surface area (Å²) in [4.78, 5) is 28.6. The van der Waals surface area contributed by atoms with E-state index < -0.39 is 5.97 Å². The highest BCUT2D eigenvalue weighted by atomic mass is 35.5. The lowest BCUT2D eigenvalue weighted by molar-refractivity contribution is 0.0698. The van der Waals surface area contributed by atoms with Crippen LogP contribution in [0.25, 0.3) is 0 Å². The van der Waals surface area contributed by atoms with Crippen LogP contribution in [0.2, 0.25) is 5.02 Å². The van der Waals surface area contributed by atoms with Crippen molar-refractivity contribution in [3.05, 3.63) is 58.6 Å². The molecular weight excluding hydrogens is 366 g/mol. The fourth-order valence-electron chi connectivity index (χ4n) is 3.13. The zero-order chi connectivity index (χ0) is 19.4. The van der Waals surface area contributed by atoms with Crippen molar-refractivity contribution in [2.45, 2.75) is 6.92 Å². The highest BCUT2D eigenvalue weighted by molar-refractivity contribution is 6.30. The third kappa shape index (κ3) is 4.59. The summed E-state index contributed by atoms with van der Waals surface area (Å²) in [5.74, 6) is -1.45. The van der Waals surface area contributed by atoms with Crippen LogP contribution in [-0.2, 0) is 0 Å². The van der Waals surface area contributed by atoms with E-state index in [1.54, 1.807) is 36.4 Å². The van der Waals surface area contributed by atoms with Crippen molar-refractivity contribution in [1.82, 2.24) is 4.90 Å². The molecule has 7 heteroatoms. The van der Waals surface area contributed by atoms with E-state index in [0.717, 1.165) is 38.4 Å². The van der Waals surface area contributed by atoms with Crippen molar-refractivity contribution in [3.8, 4) is 0 Å². The van der Waals surface area contributed by atoms with Crippen LogP contribution in [0.15, 0.2) is 42.5 Å². The number of carbonyl (C=O) groups excluding carboxylic acids is 1. The van der Waals surface area contributed by atoms with Crippen molar-refractivity contribution >= 4 is 34.9 Å². The number of nitrogens with zero attached hydrogens (tertiary/aromatic N) is 2. The molecule has 6 nitrogen and oxygen atoms in total. The van der Waals surface area contributed by atoms with E-state index in [-0.39, 0.29) is 17.2 Å². The van der Waals surface area contributed by atoms with Crippen molar-refractivity contribution in [2.24, 2.45) is 0 Å². The molecule has 27 heavy (non-hydrogen) atoms. The smallest absolute Gasteiger partial charge is 0.337 e. The topological polar surface area (TPSA) is 72.9 Å². The number of anilines is 2. The Hall–Kier alpha value is -2.57. The van der Waals surface area contributed by atoms with Gasteiger partial charge in [-0.25, -0.2) is 4.79 Å². The zero-order valence-corrected chi connectivity index (χ0v) is 15.9. The molecule has 2 aromatic carbocycles. The molecule has 1 aliphatic heterocycles. The first-order chi connectivity index (χ1) is 13.0. The SMILES string of the molecule is CCN1CCN(c2ccc(NC(=O)c3ccc(Cl)cc3)c(C(=O)O)c2)CC1. The molecule has 0 aromatic heterocycles. The molecule has 0 radical (unpaired) electrons. The first-order valence-corrected chi connectivity index (χ1v) is 9.27. The molecule has 1 aliphatic rings. The first-order valence-electron chi connectivity index (χ1n) is 8.89. The van der Waals surface area contributed by atoms with Crippen LogP contribution in [0.4, 0.5) is 11.4 Å². The number of halogens is 1. The number of aromatic carboxylic acids is 1. The fourth-order valence-corrected chi connectivity index (χ4v) is 3.26. The minimum absolute atomic E-state index is 0.0766. The van der Waals surface area contributed by atoms with Crippen LogP contribution in [-0.4, -0.2) is 54.6 Å². The number of piperazine rings is 1. The van der Waals surface area contributed by atoms with Gasteiger partial charge in [0.15, 0.2) is 0 Å². The van der Waals surface area contributed by atoms with Crippen molar-refractivity contribution in [3.63, 3.8) is 0 Å². The molecule has 0 unspecified atom stereocenters. The Morgan fingerprint density at radius 3 is 2.33 bits per heavy atom. The molecule has 1 amide bonds. The number of hydrogen-bond acceptors (Lipinski definition) is 4. The Bertz CT molecular complexity index is 831. The summed E-state index contributed by atoms with van der Waals surface area (Å²) in [5.41, 5.74) is 1.62. The third-order valence-electron chi connectivity index (χ3n) is 4.77. The van der Waals surface area contributed by atoms with Crippen LogP contribution in [0, 0.1) is 0 Å². The molecular formula is C20H22ClN3O3. The molecule has 2 N–H and O–H groups in total. The Balaban J connectivity index is 1.79. The molecule has 0 saturated carbocycles. The third-order valence-corrected chi connectivity index (χ3v) is 5.02. The van der Waals surface area contributed by atoms with Gasteiger partial charge in [-0.05, 0) is 49.0 Å². The summed E-state index contributed by atoms with van der Waals surface area (Å²) in [6.45, 7) is 6.76. The largest absolute Gasteiger partial charge is 0.478 e. The second-order valence-electron chi connectivity index (χ2n) is 6.42. The van der Waals surface area contributed by atoms with E-state index >= 15 is 0 Å². The van der Waals surface area contributed by atoms with Gasteiger partial charge in [0.2, 0.25) is 0 Å². The van der Waals surface area contributed by atoms with Crippen LogP contribution >= 0.6 is 11.6 Å². The standard InChI is InChI=1S/C20H22ClN3O3/c1-2-23-9-11-24(12-10-23)16-7-8-18(17(13-16)20(26)27)22-19(25)14-3-5-15(21)6-4-14/h3-8,13H,2,9-12H2,1H3,(H,22,25)(H,26,27). The van der Waals surface area contributed by atoms with Crippen LogP contribution in [0.1, 0.15) is 27.6 Å². The maximum absolute atomic E-state index is 12.4. The molecule has 0 spiro atoms. The number of carbonyl (C=O) groups is 2. The number of rotatable bonds is 5. The molecule has 1 heterocycles. The lowest BCUT2D eigenvalue weighted by atomic mass is 10.1. The van der Waals surface area contributed by atoms with E-state index in [4.69, 9.17) is 11.6 Å². The highest BCUT2D eigenvalue weighted by Crippen LogP contribution is 2.25. The molecule has 0 bridgehead atoms. The molecule has 3 rings (SSSR count). The number of likely N-dealkylation sites (N-methyl/N-ethyl adjacent to an activating group) is 1. The summed E-state index contributed by atoms with van der Waals surface area (Å²) in [7, 11) is 0. The normalized spacial score (nSPS) is 14.8. The Morgan fingerprint density at radius 1 is 1.07 bits per heavy atom. The number of hydrogen-bond donors (Lipinski definition) is 2. The van der Waals surface area contributed by atoms with E-state index in [2.05, 4.69) is 22.0 Å². The monoisotopic (exact) mass is 387 g/mol. The van der Waals surface area contributed by atoms with E-state index in [1.165, 1.54) is 0 Å². The number of amides is 1. The Morgan fingerprint density at radius 2 is 1.74 bits per heavy atom. The van der Waals surface area contributed by atoms with Gasteiger partial charge in [-0.2, -0.15) is 0 Å². The molecule has 1 saturated heterocycles. The van der Waals surface area contributed by atoms with Crippen LogP contribution in [0.3, 0.4) is 0 Å². The minimum atomic E-state index is -1.07. The lowest BCUT2D eigenvalue weighted by Gasteiger charge is -2.35. The predicted molar refractivity (Wildman–Crippen MR) is 107 cm³/mol.